The van der Waals surface area contributed by atoms with Gasteiger partial charge in [0, 0.05) is 12.5 Å². The van der Waals surface area contributed by atoms with E-state index in [1.54, 1.807) is 0 Å². The van der Waals surface area contributed by atoms with Crippen molar-refractivity contribution in [2.75, 3.05) is 6.61 Å². The molecule has 72 valence electrons. The van der Waals surface area contributed by atoms with E-state index in [-0.39, 0.29) is 12.5 Å². The molecule has 12 heavy (non-hydrogen) atoms. The molecular formula is C9H16BrFO. The van der Waals surface area contributed by atoms with Gasteiger partial charge in [-0.05, 0) is 35.2 Å². The number of aliphatic hydroxyl groups is 1. The van der Waals surface area contributed by atoms with Gasteiger partial charge in [0.15, 0.2) is 4.58 Å². The van der Waals surface area contributed by atoms with E-state index in [1.165, 1.54) is 0 Å². The number of rotatable bonds is 6. The third-order valence-electron chi connectivity index (χ3n) is 2.42. The molecule has 1 N–H and O–H groups in total. The van der Waals surface area contributed by atoms with Crippen LogP contribution >= 0.6 is 15.9 Å². The fourth-order valence-corrected chi connectivity index (χ4v) is 2.06. The fourth-order valence-electron chi connectivity index (χ4n) is 1.44. The molecule has 0 aromatic heterocycles. The van der Waals surface area contributed by atoms with Gasteiger partial charge in [0.2, 0.25) is 0 Å². The predicted octanol–water partition coefficient (Wildman–Crippen LogP) is 3.01. The summed E-state index contributed by atoms with van der Waals surface area (Å²) in [6.45, 7) is 0.287. The van der Waals surface area contributed by atoms with Crippen molar-refractivity contribution in [3.8, 4) is 0 Å². The lowest BCUT2D eigenvalue weighted by molar-refractivity contribution is 0.282. The van der Waals surface area contributed by atoms with Crippen molar-refractivity contribution in [1.29, 1.82) is 0 Å². The highest BCUT2D eigenvalue weighted by atomic mass is 79.9. The van der Waals surface area contributed by atoms with Crippen LogP contribution in [0.25, 0.3) is 0 Å². The van der Waals surface area contributed by atoms with Gasteiger partial charge in [0.1, 0.15) is 0 Å². The van der Waals surface area contributed by atoms with Crippen LogP contribution in [0.1, 0.15) is 38.5 Å². The van der Waals surface area contributed by atoms with Crippen LogP contribution in [0.15, 0.2) is 0 Å². The molecule has 0 aliphatic heterocycles. The second-order valence-corrected chi connectivity index (χ2v) is 4.91. The number of hydrogen-bond acceptors (Lipinski definition) is 1. The van der Waals surface area contributed by atoms with Crippen LogP contribution in [0.5, 0.6) is 0 Å². The molecule has 0 radical (unpaired) electrons. The maximum Gasteiger partial charge on any atom is 0.168 e. The number of alkyl halides is 2. The average molecular weight is 239 g/mol. The Labute approximate surface area is 81.5 Å². The molecule has 1 rings (SSSR count). The normalized spacial score (nSPS) is 33.8. The molecule has 2 atom stereocenters. The summed E-state index contributed by atoms with van der Waals surface area (Å²) >= 11 is 3.03. The number of unbranched alkanes of at least 4 members (excludes halogenated alkanes) is 3. The van der Waals surface area contributed by atoms with Crippen molar-refractivity contribution in [1.82, 2.24) is 0 Å². The third-order valence-corrected chi connectivity index (χ3v) is 3.39. The predicted molar refractivity (Wildman–Crippen MR) is 51.0 cm³/mol. The van der Waals surface area contributed by atoms with Crippen molar-refractivity contribution in [2.24, 2.45) is 5.92 Å². The molecular weight excluding hydrogens is 223 g/mol. The summed E-state index contributed by atoms with van der Waals surface area (Å²) < 4.78 is 11.9. The molecule has 0 aromatic rings. The Balaban J connectivity index is 1.85. The van der Waals surface area contributed by atoms with Gasteiger partial charge in [-0.2, -0.15) is 0 Å². The Kier molecular flexibility index (Phi) is 3.97. The highest BCUT2D eigenvalue weighted by Gasteiger charge is 2.52. The Bertz CT molecular complexity index is 138. The third kappa shape index (κ3) is 3.40. The maximum absolute atomic E-state index is 12.9. The van der Waals surface area contributed by atoms with Crippen LogP contribution in [-0.4, -0.2) is 16.3 Å². The number of hydrogen-bond donors (Lipinski definition) is 1. The van der Waals surface area contributed by atoms with Gasteiger partial charge in [-0.25, -0.2) is 4.39 Å². The lowest BCUT2D eigenvalue weighted by Crippen LogP contribution is -1.91. The monoisotopic (exact) mass is 238 g/mol. The minimum atomic E-state index is -1.02. The molecule has 1 aliphatic rings. The molecule has 1 fully saturated rings. The molecule has 3 heteroatoms. The van der Waals surface area contributed by atoms with Crippen LogP contribution in [-0.2, 0) is 0 Å². The molecule has 1 saturated carbocycles. The summed E-state index contributed by atoms with van der Waals surface area (Å²) in [5.74, 6) is 0.256. The van der Waals surface area contributed by atoms with E-state index in [1.807, 2.05) is 0 Å². The van der Waals surface area contributed by atoms with Crippen molar-refractivity contribution >= 4 is 15.9 Å². The lowest BCUT2D eigenvalue weighted by atomic mass is 10.1. The Morgan fingerprint density at radius 2 is 1.92 bits per heavy atom. The second-order valence-electron chi connectivity index (χ2n) is 3.59. The molecule has 1 aliphatic carbocycles. The van der Waals surface area contributed by atoms with E-state index >= 15 is 0 Å². The van der Waals surface area contributed by atoms with E-state index in [0.717, 1.165) is 32.1 Å². The largest absolute Gasteiger partial charge is 0.396 e. The first-order chi connectivity index (χ1) is 5.67. The minimum absolute atomic E-state index is 0.256. The minimum Gasteiger partial charge on any atom is -0.396 e. The van der Waals surface area contributed by atoms with Gasteiger partial charge in [0.05, 0.1) is 0 Å². The average Bonchev–Trinajstić information content (AvgIpc) is 2.59. The van der Waals surface area contributed by atoms with E-state index in [4.69, 9.17) is 5.11 Å². The molecule has 0 spiro atoms. The zero-order valence-electron chi connectivity index (χ0n) is 7.23. The summed E-state index contributed by atoms with van der Waals surface area (Å²) in [5.41, 5.74) is 0. The summed E-state index contributed by atoms with van der Waals surface area (Å²) in [6, 6.07) is 0. The van der Waals surface area contributed by atoms with Gasteiger partial charge in [0.25, 0.3) is 0 Å². The smallest absolute Gasteiger partial charge is 0.168 e. The second kappa shape index (κ2) is 4.56. The molecule has 0 aromatic carbocycles. The zero-order valence-corrected chi connectivity index (χ0v) is 8.82. The molecule has 1 nitrogen and oxygen atoms in total. The molecule has 0 bridgehead atoms. The summed E-state index contributed by atoms with van der Waals surface area (Å²) in [6.07, 6.45) is 5.87. The van der Waals surface area contributed by atoms with Crippen molar-refractivity contribution in [3.05, 3.63) is 0 Å². The van der Waals surface area contributed by atoms with E-state index in [0.29, 0.717) is 6.42 Å². The first kappa shape index (κ1) is 10.5. The van der Waals surface area contributed by atoms with Gasteiger partial charge < -0.3 is 5.11 Å². The van der Waals surface area contributed by atoms with Gasteiger partial charge >= 0.3 is 0 Å². The quantitative estimate of drug-likeness (QED) is 0.558. The van der Waals surface area contributed by atoms with Crippen LogP contribution in [0.2, 0.25) is 0 Å². The topological polar surface area (TPSA) is 20.2 Å². The van der Waals surface area contributed by atoms with Crippen molar-refractivity contribution in [3.63, 3.8) is 0 Å². The maximum atomic E-state index is 12.9. The SMILES string of the molecule is OCCCCCCC1CC1(F)Br. The summed E-state index contributed by atoms with van der Waals surface area (Å²) in [7, 11) is 0. The Hall–Kier alpha value is 0.370. The van der Waals surface area contributed by atoms with Gasteiger partial charge in [-0.15, -0.1) is 0 Å². The van der Waals surface area contributed by atoms with E-state index in [2.05, 4.69) is 15.9 Å². The van der Waals surface area contributed by atoms with Crippen molar-refractivity contribution in [2.45, 2.75) is 43.1 Å². The molecule has 2 unspecified atom stereocenters. The Morgan fingerprint density at radius 3 is 2.42 bits per heavy atom. The fraction of sp³-hybridized carbons (Fsp3) is 1.00. The molecule has 0 amide bonds. The van der Waals surface area contributed by atoms with E-state index < -0.39 is 4.58 Å². The van der Waals surface area contributed by atoms with Crippen LogP contribution in [0.4, 0.5) is 4.39 Å². The number of aliphatic hydroxyl groups excluding tert-OH is 1. The first-order valence-electron chi connectivity index (χ1n) is 4.65. The number of halogens is 2. The van der Waals surface area contributed by atoms with Crippen LogP contribution < -0.4 is 0 Å². The van der Waals surface area contributed by atoms with Crippen LogP contribution in [0, 0.1) is 5.92 Å². The highest BCUT2D eigenvalue weighted by Crippen LogP contribution is 2.54. The van der Waals surface area contributed by atoms with Gasteiger partial charge in [-0.1, -0.05) is 19.3 Å². The first-order valence-corrected chi connectivity index (χ1v) is 5.45. The van der Waals surface area contributed by atoms with E-state index in [9.17, 15) is 4.39 Å². The zero-order chi connectivity index (χ0) is 9.03. The standard InChI is InChI=1S/C9H16BrFO/c10-9(11)7-8(9)5-3-1-2-4-6-12/h8,12H,1-7H2. The summed E-state index contributed by atoms with van der Waals surface area (Å²) in [5, 5.41) is 8.50. The van der Waals surface area contributed by atoms with Crippen molar-refractivity contribution < 1.29 is 9.50 Å². The van der Waals surface area contributed by atoms with Crippen LogP contribution in [0.3, 0.4) is 0 Å². The molecule has 0 heterocycles. The van der Waals surface area contributed by atoms with Gasteiger partial charge in [-0.3, -0.25) is 0 Å². The highest BCUT2D eigenvalue weighted by molar-refractivity contribution is 9.10. The Morgan fingerprint density at radius 1 is 1.33 bits per heavy atom. The summed E-state index contributed by atoms with van der Waals surface area (Å²) in [4.78, 5) is 0. The lowest BCUT2D eigenvalue weighted by Gasteiger charge is -1.99. The molecule has 0 saturated heterocycles.